The van der Waals surface area contributed by atoms with Crippen LogP contribution < -0.4 is 0 Å². The topological polar surface area (TPSA) is 60.4 Å². The predicted octanol–water partition coefficient (Wildman–Crippen LogP) is 1.73. The van der Waals surface area contributed by atoms with E-state index in [-0.39, 0.29) is 18.2 Å². The molecule has 0 radical (unpaired) electrons. The fraction of sp³-hybridized carbons (Fsp3) is 0.750. The van der Waals surface area contributed by atoms with Gasteiger partial charge in [-0.05, 0) is 26.7 Å². The lowest BCUT2D eigenvalue weighted by atomic mass is 9.77. The molecule has 5 heteroatoms. The van der Waals surface area contributed by atoms with Gasteiger partial charge in [-0.1, -0.05) is 6.42 Å². The maximum atomic E-state index is 12.0. The van der Waals surface area contributed by atoms with Crippen LogP contribution in [-0.2, 0) is 19.1 Å². The normalized spacial score (nSPS) is 26.4. The summed E-state index contributed by atoms with van der Waals surface area (Å²) in [7, 11) is 0. The minimum atomic E-state index is -0.784. The zero-order valence-corrected chi connectivity index (χ0v) is 10.8. The van der Waals surface area contributed by atoms with Gasteiger partial charge in [-0.2, -0.15) is 0 Å². The minimum absolute atomic E-state index is 0.243. The highest BCUT2D eigenvalue weighted by atomic mass is 35.5. The van der Waals surface area contributed by atoms with Crippen LogP contribution in [0.15, 0.2) is 0 Å². The van der Waals surface area contributed by atoms with E-state index in [1.54, 1.807) is 13.8 Å². The van der Waals surface area contributed by atoms with Crippen LogP contribution in [0.3, 0.4) is 0 Å². The molecule has 0 aromatic carbocycles. The maximum Gasteiger partial charge on any atom is 0.316 e. The van der Waals surface area contributed by atoms with E-state index in [2.05, 4.69) is 0 Å². The van der Waals surface area contributed by atoms with E-state index in [1.165, 1.54) is 0 Å². The zero-order chi connectivity index (χ0) is 13.0. The van der Waals surface area contributed by atoms with Crippen LogP contribution in [0.2, 0.25) is 0 Å². The van der Waals surface area contributed by atoms with Crippen LogP contribution >= 0.6 is 11.6 Å². The maximum absolute atomic E-state index is 12.0. The number of Topliss-reactive ketones (excluding diaryl/α,β-unsaturated/α-hetero) is 2. The number of halogens is 1. The fourth-order valence-corrected chi connectivity index (χ4v) is 2.24. The molecule has 0 aromatic rings. The molecule has 3 unspecified atom stereocenters. The van der Waals surface area contributed by atoms with Crippen LogP contribution in [0.5, 0.6) is 0 Å². The zero-order valence-electron chi connectivity index (χ0n) is 10.1. The lowest BCUT2D eigenvalue weighted by molar-refractivity contribution is -0.154. The van der Waals surface area contributed by atoms with Gasteiger partial charge >= 0.3 is 5.97 Å². The molecule has 1 aliphatic rings. The minimum Gasteiger partial charge on any atom is -0.465 e. The first-order valence-corrected chi connectivity index (χ1v) is 6.30. The average Bonchev–Trinajstić information content (AvgIpc) is 2.28. The van der Waals surface area contributed by atoms with E-state index in [1.807, 2.05) is 0 Å². The first kappa shape index (κ1) is 14.2. The molecule has 0 heterocycles. The molecular formula is C12H17ClO4. The smallest absolute Gasteiger partial charge is 0.316 e. The predicted molar refractivity (Wildman–Crippen MR) is 62.8 cm³/mol. The van der Waals surface area contributed by atoms with Crippen LogP contribution in [-0.4, -0.2) is 29.5 Å². The van der Waals surface area contributed by atoms with Crippen molar-refractivity contribution in [3.63, 3.8) is 0 Å². The Bertz CT molecular complexity index is 324. The highest BCUT2D eigenvalue weighted by Gasteiger charge is 2.40. The van der Waals surface area contributed by atoms with Crippen molar-refractivity contribution in [2.24, 2.45) is 11.8 Å². The number of hydrogen-bond acceptors (Lipinski definition) is 4. The SMILES string of the molecule is CCOC(=O)C1CCCC(C(=O)C(C)Cl)C1=O. The van der Waals surface area contributed by atoms with E-state index in [0.717, 1.165) is 0 Å². The Balaban J connectivity index is 2.75. The molecule has 0 N–H and O–H groups in total. The van der Waals surface area contributed by atoms with Gasteiger partial charge in [-0.3, -0.25) is 14.4 Å². The molecule has 4 nitrogen and oxygen atoms in total. The number of carbonyl (C=O) groups is 3. The van der Waals surface area contributed by atoms with Crippen molar-refractivity contribution < 1.29 is 19.1 Å². The van der Waals surface area contributed by atoms with Gasteiger partial charge in [0.05, 0.1) is 17.9 Å². The van der Waals surface area contributed by atoms with E-state index >= 15 is 0 Å². The summed E-state index contributed by atoms with van der Waals surface area (Å²) < 4.78 is 4.84. The number of alkyl halides is 1. The molecule has 0 bridgehead atoms. The van der Waals surface area contributed by atoms with Gasteiger partial charge in [0.25, 0.3) is 0 Å². The first-order chi connectivity index (χ1) is 7.99. The molecule has 0 aromatic heterocycles. The van der Waals surface area contributed by atoms with Crippen molar-refractivity contribution in [2.75, 3.05) is 6.61 Å². The average molecular weight is 261 g/mol. The van der Waals surface area contributed by atoms with E-state index in [4.69, 9.17) is 16.3 Å². The van der Waals surface area contributed by atoms with Crippen molar-refractivity contribution in [1.29, 1.82) is 0 Å². The molecule has 3 atom stereocenters. The molecule has 17 heavy (non-hydrogen) atoms. The molecule has 0 saturated heterocycles. The summed E-state index contributed by atoms with van der Waals surface area (Å²) in [5.74, 6) is -2.64. The number of ether oxygens (including phenoxy) is 1. The molecular weight excluding hydrogens is 244 g/mol. The Morgan fingerprint density at radius 1 is 1.41 bits per heavy atom. The van der Waals surface area contributed by atoms with Crippen molar-refractivity contribution in [3.8, 4) is 0 Å². The van der Waals surface area contributed by atoms with Crippen molar-refractivity contribution >= 4 is 29.1 Å². The second kappa shape index (κ2) is 6.15. The Morgan fingerprint density at radius 3 is 2.53 bits per heavy atom. The molecule has 0 spiro atoms. The summed E-state index contributed by atoms with van der Waals surface area (Å²) in [6, 6.07) is 0. The van der Waals surface area contributed by atoms with Gasteiger partial charge < -0.3 is 4.74 Å². The molecule has 96 valence electrons. The molecule has 1 aliphatic carbocycles. The van der Waals surface area contributed by atoms with Crippen molar-refractivity contribution in [3.05, 3.63) is 0 Å². The van der Waals surface area contributed by atoms with E-state index in [0.29, 0.717) is 19.3 Å². The van der Waals surface area contributed by atoms with Crippen molar-refractivity contribution in [1.82, 2.24) is 0 Å². The first-order valence-electron chi connectivity index (χ1n) is 5.87. The third-order valence-electron chi connectivity index (χ3n) is 2.98. The fourth-order valence-electron chi connectivity index (χ4n) is 2.09. The molecule has 0 amide bonds. The summed E-state index contributed by atoms with van der Waals surface area (Å²) in [4.78, 5) is 35.3. The van der Waals surface area contributed by atoms with Crippen molar-refractivity contribution in [2.45, 2.75) is 38.5 Å². The Labute approximate surface area is 106 Å². The molecule has 1 saturated carbocycles. The Kier molecular flexibility index (Phi) is 5.12. The van der Waals surface area contributed by atoms with Crippen LogP contribution in [0.4, 0.5) is 0 Å². The summed E-state index contributed by atoms with van der Waals surface area (Å²) in [6.07, 6.45) is 1.64. The van der Waals surface area contributed by atoms with E-state index in [9.17, 15) is 14.4 Å². The number of rotatable bonds is 4. The van der Waals surface area contributed by atoms with Gasteiger partial charge in [0.15, 0.2) is 11.6 Å². The summed E-state index contributed by atoms with van der Waals surface area (Å²) in [6.45, 7) is 3.48. The van der Waals surface area contributed by atoms with Crippen LogP contribution in [0.1, 0.15) is 33.1 Å². The second-order valence-electron chi connectivity index (χ2n) is 4.21. The Hall–Kier alpha value is -0.900. The lowest BCUT2D eigenvalue weighted by Gasteiger charge is -2.26. The standard InChI is InChI=1S/C12H17ClO4/c1-3-17-12(16)9-6-4-5-8(11(9)15)10(14)7(2)13/h7-9H,3-6H2,1-2H3. The van der Waals surface area contributed by atoms with Gasteiger partial charge in [-0.25, -0.2) is 0 Å². The van der Waals surface area contributed by atoms with E-state index < -0.39 is 23.2 Å². The second-order valence-corrected chi connectivity index (χ2v) is 4.86. The number of esters is 1. The Morgan fingerprint density at radius 2 is 2.00 bits per heavy atom. The third kappa shape index (κ3) is 3.28. The largest absolute Gasteiger partial charge is 0.465 e. The quantitative estimate of drug-likeness (QED) is 0.439. The van der Waals surface area contributed by atoms with Gasteiger partial charge in [0.1, 0.15) is 5.92 Å². The third-order valence-corrected chi connectivity index (χ3v) is 3.19. The highest BCUT2D eigenvalue weighted by Crippen LogP contribution is 2.28. The van der Waals surface area contributed by atoms with Gasteiger partial charge in [-0.15, -0.1) is 11.6 Å². The molecule has 1 fully saturated rings. The summed E-state index contributed by atoms with van der Waals surface area (Å²) >= 11 is 5.70. The molecule has 0 aliphatic heterocycles. The van der Waals surface area contributed by atoms with Gasteiger partial charge in [0, 0.05) is 0 Å². The van der Waals surface area contributed by atoms with Crippen LogP contribution in [0.25, 0.3) is 0 Å². The monoisotopic (exact) mass is 260 g/mol. The summed E-state index contributed by atoms with van der Waals surface area (Å²) in [5.41, 5.74) is 0. The number of ketones is 2. The number of carbonyl (C=O) groups excluding carboxylic acids is 3. The highest BCUT2D eigenvalue weighted by molar-refractivity contribution is 6.33. The summed E-state index contributed by atoms with van der Waals surface area (Å²) in [5, 5.41) is -0.690. The lowest BCUT2D eigenvalue weighted by Crippen LogP contribution is -2.40. The van der Waals surface area contributed by atoms with Crippen LogP contribution in [0, 0.1) is 11.8 Å². The van der Waals surface area contributed by atoms with Gasteiger partial charge in [0.2, 0.25) is 0 Å². The molecule has 1 rings (SSSR count). The number of hydrogen-bond donors (Lipinski definition) is 0.